The van der Waals surface area contributed by atoms with Gasteiger partial charge in [-0.15, -0.1) is 0 Å². The summed E-state index contributed by atoms with van der Waals surface area (Å²) in [5.74, 6) is -2.87. The molecular weight excluding hydrogens is 783 g/mol. The van der Waals surface area contributed by atoms with Crippen LogP contribution in [0.1, 0.15) is 180 Å². The molecule has 0 aromatic heterocycles. The first-order chi connectivity index (χ1) is 29.2. The SMILES string of the molecule is CCCCCCC(CCCC)COC(=O)CC(C)(CC(=O)OCC(CCCC)CCCCCC)OC(=O)CCC(=O)Oc1c(OC)cc(C(=O)OCCCN(C)C)cc1OC. The van der Waals surface area contributed by atoms with Crippen molar-refractivity contribution >= 4 is 29.8 Å². The second kappa shape index (κ2) is 32.8. The highest BCUT2D eigenvalue weighted by molar-refractivity contribution is 5.91. The maximum atomic E-state index is 13.4. The molecule has 0 amide bonds. The van der Waals surface area contributed by atoms with E-state index in [1.54, 1.807) is 0 Å². The molecule has 0 N–H and O–H groups in total. The van der Waals surface area contributed by atoms with Crippen LogP contribution in [0.15, 0.2) is 12.1 Å². The Morgan fingerprint density at radius 2 is 1.05 bits per heavy atom. The summed E-state index contributed by atoms with van der Waals surface area (Å²) >= 11 is 0. The van der Waals surface area contributed by atoms with Gasteiger partial charge >= 0.3 is 29.8 Å². The molecule has 13 heteroatoms. The number of ether oxygens (including phenoxy) is 7. The molecule has 0 aliphatic carbocycles. The quantitative estimate of drug-likeness (QED) is 0.0272. The van der Waals surface area contributed by atoms with E-state index >= 15 is 0 Å². The van der Waals surface area contributed by atoms with Gasteiger partial charge in [0, 0.05) is 6.54 Å². The fourth-order valence-electron chi connectivity index (χ4n) is 7.02. The van der Waals surface area contributed by atoms with Crippen molar-refractivity contribution < 1.29 is 57.1 Å². The van der Waals surface area contributed by atoms with Gasteiger partial charge in [-0.25, -0.2) is 4.79 Å². The number of hydrogen-bond acceptors (Lipinski definition) is 13. The van der Waals surface area contributed by atoms with Gasteiger partial charge < -0.3 is 38.1 Å². The molecule has 2 unspecified atom stereocenters. The molecular formula is C48H81NO12. The fourth-order valence-corrected chi connectivity index (χ4v) is 7.02. The Balaban J connectivity index is 3.10. The van der Waals surface area contributed by atoms with E-state index in [0.717, 1.165) is 96.4 Å². The van der Waals surface area contributed by atoms with E-state index in [4.69, 9.17) is 33.2 Å². The Morgan fingerprint density at radius 1 is 0.590 bits per heavy atom. The molecule has 2 atom stereocenters. The number of rotatable bonds is 36. The summed E-state index contributed by atoms with van der Waals surface area (Å²) in [5.41, 5.74) is -1.44. The molecule has 61 heavy (non-hydrogen) atoms. The first-order valence-electron chi connectivity index (χ1n) is 23.1. The summed E-state index contributed by atoms with van der Waals surface area (Å²) in [7, 11) is 6.56. The van der Waals surface area contributed by atoms with Crippen LogP contribution < -0.4 is 14.2 Å². The Kier molecular flexibility index (Phi) is 29.6. The van der Waals surface area contributed by atoms with Gasteiger partial charge in [0.1, 0.15) is 5.60 Å². The molecule has 1 rings (SSSR count). The smallest absolute Gasteiger partial charge is 0.338 e. The van der Waals surface area contributed by atoms with Crippen LogP contribution in [-0.2, 0) is 38.1 Å². The normalized spacial score (nSPS) is 13.1. The molecule has 0 spiro atoms. The number of nitrogens with zero attached hydrogens (tertiary/aromatic N) is 1. The molecule has 0 heterocycles. The number of carbonyl (C=O) groups excluding carboxylic acids is 5. The number of unbranched alkanes of at least 4 members (excludes halogenated alkanes) is 8. The van der Waals surface area contributed by atoms with Gasteiger partial charge in [-0.2, -0.15) is 0 Å². The first-order valence-corrected chi connectivity index (χ1v) is 23.1. The van der Waals surface area contributed by atoms with Gasteiger partial charge in [0.05, 0.1) is 65.3 Å². The van der Waals surface area contributed by atoms with E-state index in [-0.39, 0.29) is 67.3 Å². The zero-order valence-electron chi connectivity index (χ0n) is 39.3. The van der Waals surface area contributed by atoms with Crippen LogP contribution in [0, 0.1) is 11.8 Å². The van der Waals surface area contributed by atoms with E-state index < -0.39 is 48.3 Å². The van der Waals surface area contributed by atoms with E-state index in [9.17, 15) is 24.0 Å². The average Bonchev–Trinajstić information content (AvgIpc) is 3.22. The number of carbonyl (C=O) groups is 5. The summed E-state index contributed by atoms with van der Waals surface area (Å²) in [6.45, 7) is 11.6. The Hall–Kier alpha value is -3.87. The van der Waals surface area contributed by atoms with Crippen molar-refractivity contribution in [3.8, 4) is 17.2 Å². The molecule has 0 aliphatic heterocycles. The number of esters is 5. The molecule has 1 aromatic carbocycles. The maximum absolute atomic E-state index is 13.4. The molecule has 350 valence electrons. The highest BCUT2D eigenvalue weighted by Crippen LogP contribution is 2.39. The standard InChI is InChI=1S/C48H81NO12/c1-10-14-18-20-25-37(23-16-12-3)35-58-44(52)33-48(5,34-45(53)59-36-38(24-17-13-4)26-21-19-15-11-2)61-43(51)28-27-42(50)60-46-40(55-8)31-39(32-41(46)56-9)47(54)57-30-22-29-49(6)7/h31-32,37-38H,10-30,33-36H2,1-9H3. The van der Waals surface area contributed by atoms with Crippen LogP contribution in [0.25, 0.3) is 0 Å². The molecule has 0 saturated heterocycles. The van der Waals surface area contributed by atoms with Crippen molar-refractivity contribution in [1.82, 2.24) is 4.90 Å². The van der Waals surface area contributed by atoms with Crippen LogP contribution >= 0.6 is 0 Å². The van der Waals surface area contributed by atoms with Crippen molar-refractivity contribution in [3.63, 3.8) is 0 Å². The minimum absolute atomic E-state index is 0.0518. The number of hydrogen-bond donors (Lipinski definition) is 0. The third kappa shape index (κ3) is 25.0. The summed E-state index contributed by atoms with van der Waals surface area (Å²) in [5, 5.41) is 0. The van der Waals surface area contributed by atoms with E-state index in [1.165, 1.54) is 46.1 Å². The van der Waals surface area contributed by atoms with Crippen LogP contribution in [-0.4, -0.2) is 95.0 Å². The molecule has 0 fully saturated rings. The number of methoxy groups -OCH3 is 2. The zero-order chi connectivity index (χ0) is 45.5. The summed E-state index contributed by atoms with van der Waals surface area (Å²) in [6, 6.07) is 2.77. The van der Waals surface area contributed by atoms with Crippen molar-refractivity contribution in [1.29, 1.82) is 0 Å². The van der Waals surface area contributed by atoms with Gasteiger partial charge in [-0.05, 0) is 77.1 Å². The summed E-state index contributed by atoms with van der Waals surface area (Å²) in [6.07, 6.45) is 16.1. The molecule has 13 nitrogen and oxygen atoms in total. The van der Waals surface area contributed by atoms with Gasteiger partial charge in [0.25, 0.3) is 0 Å². The largest absolute Gasteiger partial charge is 0.493 e. The van der Waals surface area contributed by atoms with Crippen molar-refractivity contribution in [2.75, 3.05) is 54.7 Å². The predicted octanol–water partition coefficient (Wildman–Crippen LogP) is 10.2. The topological polar surface area (TPSA) is 153 Å². The lowest BCUT2D eigenvalue weighted by Crippen LogP contribution is -2.38. The summed E-state index contributed by atoms with van der Waals surface area (Å²) in [4.78, 5) is 68.0. The lowest BCUT2D eigenvalue weighted by molar-refractivity contribution is -0.171. The van der Waals surface area contributed by atoms with Crippen molar-refractivity contribution in [2.45, 2.75) is 175 Å². The molecule has 0 aliphatic rings. The minimum Gasteiger partial charge on any atom is -0.493 e. The Labute approximate surface area is 367 Å². The van der Waals surface area contributed by atoms with Crippen molar-refractivity contribution in [2.24, 2.45) is 11.8 Å². The molecule has 0 radical (unpaired) electrons. The monoisotopic (exact) mass is 864 g/mol. The molecule has 0 bridgehead atoms. The first kappa shape index (κ1) is 55.1. The van der Waals surface area contributed by atoms with Gasteiger partial charge in [-0.3, -0.25) is 19.2 Å². The minimum atomic E-state index is -1.58. The van der Waals surface area contributed by atoms with Crippen molar-refractivity contribution in [3.05, 3.63) is 17.7 Å². The third-order valence-corrected chi connectivity index (χ3v) is 10.6. The number of benzene rings is 1. The average molecular weight is 864 g/mol. The lowest BCUT2D eigenvalue weighted by atomic mass is 9.95. The van der Waals surface area contributed by atoms with E-state index in [2.05, 4.69) is 27.7 Å². The molecule has 1 aromatic rings. The van der Waals surface area contributed by atoms with Gasteiger partial charge in [0.15, 0.2) is 11.5 Å². The summed E-state index contributed by atoms with van der Waals surface area (Å²) < 4.78 is 39.2. The zero-order valence-corrected chi connectivity index (χ0v) is 39.3. The van der Waals surface area contributed by atoms with E-state index in [0.29, 0.717) is 6.42 Å². The predicted molar refractivity (Wildman–Crippen MR) is 237 cm³/mol. The van der Waals surface area contributed by atoms with Gasteiger partial charge in [-0.1, -0.05) is 105 Å². The van der Waals surface area contributed by atoms with Crippen LogP contribution in [0.2, 0.25) is 0 Å². The highest BCUT2D eigenvalue weighted by atomic mass is 16.6. The second-order valence-electron chi connectivity index (χ2n) is 16.8. The third-order valence-electron chi connectivity index (χ3n) is 10.6. The fraction of sp³-hybridized carbons (Fsp3) is 0.771. The second-order valence-corrected chi connectivity index (χ2v) is 16.8. The maximum Gasteiger partial charge on any atom is 0.338 e. The van der Waals surface area contributed by atoms with Crippen LogP contribution in [0.5, 0.6) is 17.2 Å². The van der Waals surface area contributed by atoms with Gasteiger partial charge in [0.2, 0.25) is 5.75 Å². The highest BCUT2D eigenvalue weighted by Gasteiger charge is 2.37. The van der Waals surface area contributed by atoms with E-state index in [1.807, 2.05) is 19.0 Å². The molecule has 0 saturated carbocycles. The van der Waals surface area contributed by atoms with Crippen LogP contribution in [0.3, 0.4) is 0 Å². The van der Waals surface area contributed by atoms with Crippen LogP contribution in [0.4, 0.5) is 0 Å². The Morgan fingerprint density at radius 3 is 1.49 bits per heavy atom. The lowest BCUT2D eigenvalue weighted by Gasteiger charge is -2.29. The Bertz CT molecular complexity index is 1350.